The van der Waals surface area contributed by atoms with E-state index in [9.17, 15) is 9.59 Å². The van der Waals surface area contributed by atoms with Gasteiger partial charge in [0.1, 0.15) is 0 Å². The minimum Gasteiger partial charge on any atom is -0.355 e. The fourth-order valence-electron chi connectivity index (χ4n) is 4.33. The predicted octanol–water partition coefficient (Wildman–Crippen LogP) is 5.04. The number of carbonyl (C=O) groups excluding carboxylic acids is 2. The lowest BCUT2D eigenvalue weighted by molar-refractivity contribution is -0.124. The lowest BCUT2D eigenvalue weighted by Crippen LogP contribution is -2.48. The van der Waals surface area contributed by atoms with E-state index in [0.717, 1.165) is 16.9 Å². The number of fused-ring (bicyclic) bond motifs is 1. The molecular formula is C26H28N2O2S. The maximum Gasteiger partial charge on any atom is 0.254 e. The molecule has 2 atom stereocenters. The molecule has 0 saturated heterocycles. The Balaban J connectivity index is 1.66. The molecule has 160 valence electrons. The maximum atomic E-state index is 13.6. The van der Waals surface area contributed by atoms with Gasteiger partial charge < -0.3 is 10.2 Å². The van der Waals surface area contributed by atoms with Gasteiger partial charge in [0.05, 0.1) is 12.0 Å². The Bertz CT molecular complexity index is 1030. The Kier molecular flexibility index (Phi) is 6.52. The van der Waals surface area contributed by atoms with Crippen LogP contribution >= 0.6 is 11.3 Å². The summed E-state index contributed by atoms with van der Waals surface area (Å²) in [6.45, 7) is 5.39. The molecule has 1 N–H and O–H groups in total. The van der Waals surface area contributed by atoms with E-state index in [1.54, 1.807) is 11.3 Å². The number of thiophene rings is 1. The molecule has 3 aromatic rings. The van der Waals surface area contributed by atoms with Crippen molar-refractivity contribution in [1.82, 2.24) is 10.2 Å². The van der Waals surface area contributed by atoms with Crippen LogP contribution in [-0.2, 0) is 11.2 Å². The number of hydrogen-bond donors (Lipinski definition) is 1. The zero-order chi connectivity index (χ0) is 21.8. The quantitative estimate of drug-likeness (QED) is 0.568. The summed E-state index contributed by atoms with van der Waals surface area (Å²) >= 11 is 1.60. The van der Waals surface area contributed by atoms with Gasteiger partial charge in [-0.25, -0.2) is 0 Å². The Morgan fingerprint density at radius 2 is 1.77 bits per heavy atom. The van der Waals surface area contributed by atoms with Crippen LogP contribution in [0.2, 0.25) is 0 Å². The van der Waals surface area contributed by atoms with Crippen LogP contribution in [0.5, 0.6) is 0 Å². The van der Waals surface area contributed by atoms with Crippen molar-refractivity contribution in [2.45, 2.75) is 32.2 Å². The molecule has 0 radical (unpaired) electrons. The van der Waals surface area contributed by atoms with Crippen LogP contribution in [0.15, 0.2) is 72.1 Å². The monoisotopic (exact) mass is 432 g/mol. The van der Waals surface area contributed by atoms with Crippen molar-refractivity contribution >= 4 is 23.2 Å². The first-order valence-electron chi connectivity index (χ1n) is 10.8. The van der Waals surface area contributed by atoms with Crippen molar-refractivity contribution in [3.63, 3.8) is 0 Å². The molecule has 0 fully saturated rings. The molecule has 0 saturated carbocycles. The highest BCUT2D eigenvalue weighted by Gasteiger charge is 2.44. The van der Waals surface area contributed by atoms with Crippen molar-refractivity contribution in [2.75, 3.05) is 13.1 Å². The zero-order valence-corrected chi connectivity index (χ0v) is 18.8. The fraction of sp³-hybridized carbons (Fsp3) is 0.308. The van der Waals surface area contributed by atoms with E-state index in [1.807, 2.05) is 64.9 Å². The van der Waals surface area contributed by atoms with E-state index in [-0.39, 0.29) is 17.9 Å². The van der Waals surface area contributed by atoms with Crippen LogP contribution in [0.4, 0.5) is 0 Å². The smallest absolute Gasteiger partial charge is 0.254 e. The van der Waals surface area contributed by atoms with Gasteiger partial charge in [0.15, 0.2) is 0 Å². The first-order valence-corrected chi connectivity index (χ1v) is 11.7. The van der Waals surface area contributed by atoms with Gasteiger partial charge in [0, 0.05) is 23.5 Å². The number of hydrogen-bond acceptors (Lipinski definition) is 3. The molecule has 0 spiro atoms. The van der Waals surface area contributed by atoms with Crippen LogP contribution in [0.3, 0.4) is 0 Å². The van der Waals surface area contributed by atoms with Gasteiger partial charge in [-0.1, -0.05) is 68.4 Å². The Labute approximate surface area is 187 Å². The van der Waals surface area contributed by atoms with Crippen LogP contribution in [0.25, 0.3) is 0 Å². The predicted molar refractivity (Wildman–Crippen MR) is 125 cm³/mol. The third kappa shape index (κ3) is 4.57. The second-order valence-corrected chi connectivity index (χ2v) is 9.38. The Hall–Kier alpha value is -2.92. The van der Waals surface area contributed by atoms with E-state index in [0.29, 0.717) is 24.6 Å². The molecule has 4 nitrogen and oxygen atoms in total. The zero-order valence-electron chi connectivity index (χ0n) is 18.0. The number of nitrogens with zero attached hydrogens (tertiary/aromatic N) is 1. The van der Waals surface area contributed by atoms with Gasteiger partial charge in [-0.05, 0) is 41.0 Å². The molecule has 1 aromatic heterocycles. The van der Waals surface area contributed by atoms with Gasteiger partial charge in [-0.3, -0.25) is 9.59 Å². The van der Waals surface area contributed by atoms with E-state index in [2.05, 4.69) is 31.3 Å². The van der Waals surface area contributed by atoms with Crippen molar-refractivity contribution in [2.24, 2.45) is 5.92 Å². The summed E-state index contributed by atoms with van der Waals surface area (Å²) in [5.41, 5.74) is 2.65. The van der Waals surface area contributed by atoms with Crippen LogP contribution in [0, 0.1) is 5.92 Å². The second-order valence-electron chi connectivity index (χ2n) is 8.40. The fourth-order valence-corrected chi connectivity index (χ4v) is 5.20. The molecular weight excluding hydrogens is 404 g/mol. The third-order valence-electron chi connectivity index (χ3n) is 5.67. The number of rotatable bonds is 7. The van der Waals surface area contributed by atoms with Crippen molar-refractivity contribution in [3.05, 3.63) is 93.7 Å². The topological polar surface area (TPSA) is 49.4 Å². The summed E-state index contributed by atoms with van der Waals surface area (Å²) in [4.78, 5) is 29.9. The molecule has 0 bridgehead atoms. The summed E-state index contributed by atoms with van der Waals surface area (Å²) in [6.07, 6.45) is 0.777. The molecule has 2 aromatic carbocycles. The van der Waals surface area contributed by atoms with Gasteiger partial charge >= 0.3 is 0 Å². The first-order chi connectivity index (χ1) is 15.1. The van der Waals surface area contributed by atoms with E-state index >= 15 is 0 Å². The summed E-state index contributed by atoms with van der Waals surface area (Å²) < 4.78 is 0. The van der Waals surface area contributed by atoms with Gasteiger partial charge in [0.2, 0.25) is 5.91 Å². The maximum absolute atomic E-state index is 13.6. The summed E-state index contributed by atoms with van der Waals surface area (Å²) in [5, 5.41) is 5.16. The standard InChI is InChI=1S/C26H28N2O2S/c1-18(2)17-28-24(22-13-8-16-31-22)23(20-11-6-7-12-21(20)26(28)30)25(29)27-15-14-19-9-4-3-5-10-19/h3-13,16,18,23-24H,14-15,17H2,1-2H3,(H,27,29)/t23-,24-/m1/s1. The number of carbonyl (C=O) groups is 2. The normalized spacial score (nSPS) is 18.2. The molecule has 2 heterocycles. The number of amides is 2. The molecule has 1 aliphatic heterocycles. The summed E-state index contributed by atoms with van der Waals surface area (Å²) in [7, 11) is 0. The largest absolute Gasteiger partial charge is 0.355 e. The molecule has 0 aliphatic carbocycles. The molecule has 31 heavy (non-hydrogen) atoms. The first kappa shape index (κ1) is 21.3. The molecule has 0 unspecified atom stereocenters. The van der Waals surface area contributed by atoms with E-state index in [1.165, 1.54) is 5.56 Å². The average molecular weight is 433 g/mol. The number of benzene rings is 2. The number of nitrogens with one attached hydrogen (secondary N) is 1. The van der Waals surface area contributed by atoms with Crippen molar-refractivity contribution < 1.29 is 9.59 Å². The lowest BCUT2D eigenvalue weighted by atomic mass is 9.81. The Morgan fingerprint density at radius 3 is 2.48 bits per heavy atom. The molecule has 4 rings (SSSR count). The summed E-state index contributed by atoms with van der Waals surface area (Å²) in [6, 6.07) is 21.5. The molecule has 5 heteroatoms. The lowest BCUT2D eigenvalue weighted by Gasteiger charge is -2.42. The second kappa shape index (κ2) is 9.48. The SMILES string of the molecule is CC(C)CN1C(=O)c2ccccc2[C@@H](C(=O)NCCc2ccccc2)[C@H]1c1cccs1. The highest BCUT2D eigenvalue weighted by atomic mass is 32.1. The third-order valence-corrected chi connectivity index (χ3v) is 6.62. The van der Waals surface area contributed by atoms with E-state index < -0.39 is 5.92 Å². The summed E-state index contributed by atoms with van der Waals surface area (Å²) in [5.74, 6) is -0.139. The highest BCUT2D eigenvalue weighted by molar-refractivity contribution is 7.10. The van der Waals surface area contributed by atoms with Gasteiger partial charge in [-0.15, -0.1) is 11.3 Å². The molecule has 2 amide bonds. The average Bonchev–Trinajstić information content (AvgIpc) is 3.30. The highest BCUT2D eigenvalue weighted by Crippen LogP contribution is 2.44. The van der Waals surface area contributed by atoms with Crippen molar-refractivity contribution in [1.29, 1.82) is 0 Å². The minimum absolute atomic E-state index is 0.0102. The van der Waals surface area contributed by atoms with Crippen LogP contribution in [0.1, 0.15) is 52.2 Å². The van der Waals surface area contributed by atoms with Gasteiger partial charge in [0.25, 0.3) is 5.91 Å². The minimum atomic E-state index is -0.429. The Morgan fingerprint density at radius 1 is 1.03 bits per heavy atom. The van der Waals surface area contributed by atoms with E-state index in [4.69, 9.17) is 0 Å². The van der Waals surface area contributed by atoms with Crippen LogP contribution < -0.4 is 5.32 Å². The van der Waals surface area contributed by atoms with Gasteiger partial charge in [-0.2, -0.15) is 0 Å². The van der Waals surface area contributed by atoms with Crippen molar-refractivity contribution in [3.8, 4) is 0 Å². The van der Waals surface area contributed by atoms with Crippen LogP contribution in [-0.4, -0.2) is 29.8 Å². The molecule has 1 aliphatic rings.